The standard InChI is InChI=1S/C22H31N4O3S2/c1-18-7-8-21-20(15-18)25(11-6-14-31(27,28)29)22(30-21)16-19-9-12-24(17-23-19)10-5-13-26(2,3)4/h7-9,12,15-17H,5-6,10-11,13-14H2,1-4H3/q+1/p+1. The van der Waals surface area contributed by atoms with E-state index in [9.17, 15) is 8.42 Å². The number of aryl methyl sites for hydroxylation is 2. The van der Waals surface area contributed by atoms with Gasteiger partial charge in [-0.15, -0.1) is 0 Å². The number of hydrogen-bond donors (Lipinski definition) is 1. The lowest BCUT2D eigenvalue weighted by Gasteiger charge is -2.23. The van der Waals surface area contributed by atoms with E-state index < -0.39 is 10.1 Å². The summed E-state index contributed by atoms with van der Waals surface area (Å²) >= 11 is 1.65. The first kappa shape index (κ1) is 23.7. The van der Waals surface area contributed by atoms with Crippen LogP contribution in [-0.4, -0.2) is 62.4 Å². The Hall–Kier alpha value is -1.94. The topological polar surface area (TPSA) is 74.4 Å². The summed E-state index contributed by atoms with van der Waals surface area (Å²) in [5.41, 5.74) is 3.07. The summed E-state index contributed by atoms with van der Waals surface area (Å²) in [4.78, 5) is 7.84. The third kappa shape index (κ3) is 7.31. The van der Waals surface area contributed by atoms with E-state index >= 15 is 0 Å². The Morgan fingerprint density at radius 3 is 2.65 bits per heavy atom. The van der Waals surface area contributed by atoms with Gasteiger partial charge in [-0.2, -0.15) is 8.42 Å². The van der Waals surface area contributed by atoms with Crippen LogP contribution in [0.3, 0.4) is 0 Å². The van der Waals surface area contributed by atoms with Gasteiger partial charge in [-0.05, 0) is 36.0 Å². The Morgan fingerprint density at radius 2 is 2.00 bits per heavy atom. The highest BCUT2D eigenvalue weighted by Crippen LogP contribution is 2.46. The number of rotatable bonds is 9. The highest BCUT2D eigenvalue weighted by molar-refractivity contribution is 8.03. The second-order valence-electron chi connectivity index (χ2n) is 8.94. The molecular formula is C22H32N4O3S2+2. The third-order valence-corrected chi connectivity index (χ3v) is 6.90. The van der Waals surface area contributed by atoms with Gasteiger partial charge in [-0.3, -0.25) is 4.55 Å². The summed E-state index contributed by atoms with van der Waals surface area (Å²) in [6.45, 7) is 4.58. The summed E-state index contributed by atoms with van der Waals surface area (Å²) in [7, 11) is 2.61. The van der Waals surface area contributed by atoms with Crippen molar-refractivity contribution in [3.05, 3.63) is 53.1 Å². The Bertz CT molecular complexity index is 1050. The molecule has 0 aliphatic carbocycles. The van der Waals surface area contributed by atoms with Gasteiger partial charge in [0.1, 0.15) is 0 Å². The molecule has 9 heteroatoms. The first-order valence-electron chi connectivity index (χ1n) is 10.4. The summed E-state index contributed by atoms with van der Waals surface area (Å²) < 4.78 is 34.4. The number of quaternary nitrogens is 1. The molecule has 1 aliphatic heterocycles. The van der Waals surface area contributed by atoms with Crippen LogP contribution in [-0.2, 0) is 16.7 Å². The van der Waals surface area contributed by atoms with E-state index in [-0.39, 0.29) is 5.75 Å². The molecular weight excluding hydrogens is 432 g/mol. The maximum Gasteiger partial charge on any atom is 0.286 e. The fourth-order valence-electron chi connectivity index (χ4n) is 3.42. The summed E-state index contributed by atoms with van der Waals surface area (Å²) in [5, 5.41) is 1.01. The number of hydrogen-bond acceptors (Lipinski definition) is 5. The van der Waals surface area contributed by atoms with E-state index in [0.29, 0.717) is 13.0 Å². The average Bonchev–Trinajstić information content (AvgIpc) is 2.98. The number of nitrogens with zero attached hydrogens (tertiary/aromatic N) is 4. The number of anilines is 1. The summed E-state index contributed by atoms with van der Waals surface area (Å²) in [6, 6.07) is 8.28. The molecule has 1 aromatic carbocycles. The Morgan fingerprint density at radius 1 is 1.23 bits per heavy atom. The zero-order chi connectivity index (χ0) is 22.6. The first-order valence-corrected chi connectivity index (χ1v) is 12.8. The zero-order valence-electron chi connectivity index (χ0n) is 18.7. The van der Waals surface area contributed by atoms with Gasteiger partial charge in [0, 0.05) is 30.0 Å². The lowest BCUT2D eigenvalue weighted by Crippen LogP contribution is -2.40. The van der Waals surface area contributed by atoms with E-state index in [4.69, 9.17) is 4.55 Å². The number of thioether (sulfide) groups is 1. The number of fused-ring (bicyclic) bond motifs is 1. The Labute approximate surface area is 189 Å². The molecule has 168 valence electrons. The summed E-state index contributed by atoms with van der Waals surface area (Å²) in [6.07, 6.45) is 7.38. The monoisotopic (exact) mass is 464 g/mol. The molecule has 31 heavy (non-hydrogen) atoms. The molecule has 0 saturated carbocycles. The predicted molar refractivity (Wildman–Crippen MR) is 125 cm³/mol. The van der Waals surface area contributed by atoms with Crippen LogP contribution in [0, 0.1) is 6.92 Å². The second-order valence-corrected chi connectivity index (χ2v) is 11.6. The molecule has 2 aromatic rings. The fourth-order valence-corrected chi connectivity index (χ4v) is 5.03. The van der Waals surface area contributed by atoms with Crippen molar-refractivity contribution in [3.8, 4) is 0 Å². The maximum absolute atomic E-state index is 11.1. The van der Waals surface area contributed by atoms with Gasteiger partial charge >= 0.3 is 0 Å². The van der Waals surface area contributed by atoms with Crippen molar-refractivity contribution in [1.82, 2.24) is 4.98 Å². The molecule has 0 radical (unpaired) electrons. The first-order chi connectivity index (χ1) is 14.5. The van der Waals surface area contributed by atoms with Crippen molar-refractivity contribution >= 4 is 33.6 Å². The molecule has 0 atom stereocenters. The molecule has 7 nitrogen and oxygen atoms in total. The number of aromatic nitrogens is 2. The normalized spacial score (nSPS) is 15.5. The van der Waals surface area contributed by atoms with E-state index in [1.54, 1.807) is 11.8 Å². The largest absolute Gasteiger partial charge is 0.335 e. The number of benzene rings is 1. The Kier molecular flexibility index (Phi) is 7.41. The third-order valence-electron chi connectivity index (χ3n) is 4.98. The Balaban J connectivity index is 1.74. The highest BCUT2D eigenvalue weighted by atomic mass is 32.2. The lowest BCUT2D eigenvalue weighted by molar-refractivity contribution is -0.873. The molecule has 1 aliphatic rings. The van der Waals surface area contributed by atoms with Crippen molar-refractivity contribution in [1.29, 1.82) is 0 Å². The van der Waals surface area contributed by atoms with Crippen LogP contribution >= 0.6 is 11.8 Å². The van der Waals surface area contributed by atoms with Crippen molar-refractivity contribution in [3.63, 3.8) is 0 Å². The predicted octanol–water partition coefficient (Wildman–Crippen LogP) is 2.96. The van der Waals surface area contributed by atoms with Crippen molar-refractivity contribution in [2.75, 3.05) is 44.9 Å². The van der Waals surface area contributed by atoms with Crippen LogP contribution in [0.2, 0.25) is 0 Å². The second kappa shape index (κ2) is 9.68. The van der Waals surface area contributed by atoms with Crippen molar-refractivity contribution < 1.29 is 22.0 Å². The smallest absolute Gasteiger partial charge is 0.286 e. The van der Waals surface area contributed by atoms with Crippen molar-refractivity contribution in [2.24, 2.45) is 0 Å². The van der Waals surface area contributed by atoms with E-state index in [2.05, 4.69) is 60.0 Å². The molecule has 0 unspecified atom stereocenters. The van der Waals surface area contributed by atoms with Gasteiger partial charge in [-0.1, -0.05) is 17.8 Å². The average molecular weight is 465 g/mol. The molecule has 1 N–H and O–H groups in total. The van der Waals surface area contributed by atoms with Gasteiger partial charge in [0.25, 0.3) is 16.4 Å². The van der Waals surface area contributed by atoms with E-state index in [1.165, 1.54) is 0 Å². The van der Waals surface area contributed by atoms with Crippen LogP contribution < -0.4 is 9.47 Å². The van der Waals surface area contributed by atoms with Crippen LogP contribution in [0.15, 0.2) is 46.7 Å². The minimum absolute atomic E-state index is 0.251. The summed E-state index contributed by atoms with van der Waals surface area (Å²) in [5.74, 6) is -0.251. The molecule has 0 saturated heterocycles. The molecule has 1 aromatic heterocycles. The van der Waals surface area contributed by atoms with Crippen molar-refractivity contribution in [2.45, 2.75) is 31.2 Å². The maximum atomic E-state index is 11.1. The molecule has 0 spiro atoms. The van der Waals surface area contributed by atoms with Gasteiger partial charge in [0.2, 0.25) is 0 Å². The van der Waals surface area contributed by atoms with Crippen LogP contribution in [0.4, 0.5) is 5.69 Å². The lowest BCUT2D eigenvalue weighted by atomic mass is 10.2. The van der Waals surface area contributed by atoms with Gasteiger partial charge < -0.3 is 9.38 Å². The van der Waals surface area contributed by atoms with Gasteiger partial charge in [0.15, 0.2) is 5.69 Å². The minimum Gasteiger partial charge on any atom is -0.335 e. The van der Waals surface area contributed by atoms with Gasteiger partial charge in [0.05, 0.1) is 56.9 Å². The minimum atomic E-state index is -3.97. The molecule has 0 bridgehead atoms. The molecule has 0 amide bonds. The van der Waals surface area contributed by atoms with E-state index in [1.807, 2.05) is 25.4 Å². The van der Waals surface area contributed by atoms with E-state index in [0.717, 1.165) is 50.9 Å². The molecule has 3 rings (SSSR count). The fraction of sp³-hybridized carbons (Fsp3) is 0.455. The highest BCUT2D eigenvalue weighted by Gasteiger charge is 2.26. The van der Waals surface area contributed by atoms with Crippen LogP contribution in [0.5, 0.6) is 0 Å². The zero-order valence-corrected chi connectivity index (χ0v) is 20.3. The van der Waals surface area contributed by atoms with Gasteiger partial charge in [-0.25, -0.2) is 4.57 Å². The van der Waals surface area contributed by atoms with Crippen LogP contribution in [0.1, 0.15) is 24.1 Å². The SMILES string of the molecule is Cc1ccc2c(c1)N(CCCS(=O)(=O)O)/C(=C/c1cc[n+](CCC[N+](C)(C)C)cn1)S2. The molecule has 2 heterocycles. The van der Waals surface area contributed by atoms with Crippen LogP contribution in [0.25, 0.3) is 6.08 Å². The molecule has 0 fully saturated rings. The quantitative estimate of drug-likeness (QED) is 0.349.